The average Bonchev–Trinajstić information content (AvgIpc) is 3.05. The molecule has 0 radical (unpaired) electrons. The standard InChI is InChI=1S/C16H29N3O2/c1-16(2,3)12(8-9-17)6-7-15-18-14(19-21-15)11-13-5-4-10-20-13/h12-13H,4-11,17H2,1-3H3. The van der Waals surface area contributed by atoms with Crippen LogP contribution in [0.4, 0.5) is 0 Å². The predicted molar refractivity (Wildman–Crippen MR) is 81.9 cm³/mol. The minimum atomic E-state index is 0.264. The van der Waals surface area contributed by atoms with Gasteiger partial charge in [0.15, 0.2) is 5.82 Å². The molecule has 1 fully saturated rings. The molecule has 120 valence electrons. The van der Waals surface area contributed by atoms with Crippen LogP contribution in [0.25, 0.3) is 0 Å². The fourth-order valence-electron chi connectivity index (χ4n) is 2.99. The maximum atomic E-state index is 5.73. The quantitative estimate of drug-likeness (QED) is 0.837. The van der Waals surface area contributed by atoms with E-state index in [1.165, 1.54) is 0 Å². The van der Waals surface area contributed by atoms with Crippen LogP contribution in [0.15, 0.2) is 4.52 Å². The number of ether oxygens (including phenoxy) is 1. The zero-order valence-electron chi connectivity index (χ0n) is 13.6. The molecule has 21 heavy (non-hydrogen) atoms. The largest absolute Gasteiger partial charge is 0.378 e. The molecule has 1 aromatic heterocycles. The number of aryl methyl sites for hydroxylation is 1. The van der Waals surface area contributed by atoms with Gasteiger partial charge < -0.3 is 15.0 Å². The van der Waals surface area contributed by atoms with E-state index in [2.05, 4.69) is 30.9 Å². The first kappa shape index (κ1) is 16.4. The van der Waals surface area contributed by atoms with Crippen LogP contribution in [0.3, 0.4) is 0 Å². The summed E-state index contributed by atoms with van der Waals surface area (Å²) in [7, 11) is 0. The topological polar surface area (TPSA) is 74.2 Å². The number of hydrogen-bond acceptors (Lipinski definition) is 5. The maximum absolute atomic E-state index is 5.73. The minimum absolute atomic E-state index is 0.264. The van der Waals surface area contributed by atoms with Crippen LogP contribution in [0.1, 0.15) is 58.2 Å². The van der Waals surface area contributed by atoms with E-state index in [4.69, 9.17) is 15.0 Å². The molecule has 0 aliphatic carbocycles. The third-order valence-electron chi connectivity index (χ3n) is 4.39. The maximum Gasteiger partial charge on any atom is 0.226 e. The Bertz CT molecular complexity index is 419. The minimum Gasteiger partial charge on any atom is -0.378 e. The van der Waals surface area contributed by atoms with Crippen LogP contribution in [0.2, 0.25) is 0 Å². The number of hydrogen-bond donors (Lipinski definition) is 1. The van der Waals surface area contributed by atoms with Crippen molar-refractivity contribution in [3.05, 3.63) is 11.7 Å². The van der Waals surface area contributed by atoms with Crippen molar-refractivity contribution in [1.82, 2.24) is 10.1 Å². The Balaban J connectivity index is 1.83. The highest BCUT2D eigenvalue weighted by atomic mass is 16.5. The van der Waals surface area contributed by atoms with Crippen molar-refractivity contribution in [1.29, 1.82) is 0 Å². The first-order valence-electron chi connectivity index (χ1n) is 8.12. The summed E-state index contributed by atoms with van der Waals surface area (Å²) in [5, 5.41) is 4.07. The Morgan fingerprint density at radius 2 is 2.14 bits per heavy atom. The Morgan fingerprint density at radius 3 is 2.76 bits per heavy atom. The summed E-state index contributed by atoms with van der Waals surface area (Å²) in [5.74, 6) is 2.10. The zero-order valence-corrected chi connectivity index (χ0v) is 13.6. The molecular weight excluding hydrogens is 266 g/mol. The van der Waals surface area contributed by atoms with Gasteiger partial charge in [-0.05, 0) is 43.6 Å². The molecule has 2 heterocycles. The molecule has 5 heteroatoms. The van der Waals surface area contributed by atoms with Gasteiger partial charge in [-0.2, -0.15) is 4.98 Å². The smallest absolute Gasteiger partial charge is 0.226 e. The first-order valence-corrected chi connectivity index (χ1v) is 8.12. The Morgan fingerprint density at radius 1 is 1.33 bits per heavy atom. The van der Waals surface area contributed by atoms with Gasteiger partial charge in [0, 0.05) is 19.4 Å². The Hall–Kier alpha value is -0.940. The normalized spacial score (nSPS) is 20.9. The molecule has 1 saturated heterocycles. The van der Waals surface area contributed by atoms with Crippen LogP contribution in [-0.4, -0.2) is 29.4 Å². The fraction of sp³-hybridized carbons (Fsp3) is 0.875. The van der Waals surface area contributed by atoms with Gasteiger partial charge in [-0.1, -0.05) is 25.9 Å². The lowest BCUT2D eigenvalue weighted by Crippen LogP contribution is -2.24. The van der Waals surface area contributed by atoms with Crippen molar-refractivity contribution in [3.63, 3.8) is 0 Å². The van der Waals surface area contributed by atoms with Gasteiger partial charge >= 0.3 is 0 Å². The van der Waals surface area contributed by atoms with E-state index in [0.29, 0.717) is 5.92 Å². The zero-order chi connectivity index (χ0) is 15.3. The number of rotatable bonds is 7. The lowest BCUT2D eigenvalue weighted by atomic mass is 9.76. The third-order valence-corrected chi connectivity index (χ3v) is 4.39. The summed E-state index contributed by atoms with van der Waals surface area (Å²) in [6.07, 6.45) is 6.21. The van der Waals surface area contributed by atoms with E-state index in [1.807, 2.05) is 0 Å². The van der Waals surface area contributed by atoms with E-state index in [1.54, 1.807) is 0 Å². The van der Waals surface area contributed by atoms with E-state index >= 15 is 0 Å². The van der Waals surface area contributed by atoms with Crippen LogP contribution < -0.4 is 5.73 Å². The van der Waals surface area contributed by atoms with E-state index in [-0.39, 0.29) is 11.5 Å². The van der Waals surface area contributed by atoms with Gasteiger partial charge in [-0.15, -0.1) is 0 Å². The summed E-state index contributed by atoms with van der Waals surface area (Å²) >= 11 is 0. The molecule has 1 aliphatic rings. The molecule has 0 saturated carbocycles. The van der Waals surface area contributed by atoms with Gasteiger partial charge in [-0.3, -0.25) is 0 Å². The van der Waals surface area contributed by atoms with E-state index in [9.17, 15) is 0 Å². The monoisotopic (exact) mass is 295 g/mol. The van der Waals surface area contributed by atoms with Crippen LogP contribution in [0, 0.1) is 11.3 Å². The molecular formula is C16H29N3O2. The van der Waals surface area contributed by atoms with Crippen molar-refractivity contribution < 1.29 is 9.26 Å². The third kappa shape index (κ3) is 5.08. The fourth-order valence-corrected chi connectivity index (χ4v) is 2.99. The second kappa shape index (κ2) is 7.36. The van der Waals surface area contributed by atoms with Crippen LogP contribution in [-0.2, 0) is 17.6 Å². The van der Waals surface area contributed by atoms with Crippen molar-refractivity contribution in [2.24, 2.45) is 17.1 Å². The van der Waals surface area contributed by atoms with E-state index in [0.717, 1.165) is 63.4 Å². The summed E-state index contributed by atoms with van der Waals surface area (Å²) in [6.45, 7) is 8.40. The SMILES string of the molecule is CC(C)(C)C(CCN)CCc1nc(CC2CCCO2)no1. The summed E-state index contributed by atoms with van der Waals surface area (Å²) in [5.41, 5.74) is 5.99. The highest BCUT2D eigenvalue weighted by Crippen LogP contribution is 2.32. The van der Waals surface area contributed by atoms with Gasteiger partial charge in [0.1, 0.15) is 0 Å². The number of aromatic nitrogens is 2. The lowest BCUT2D eigenvalue weighted by Gasteiger charge is -2.30. The molecule has 2 unspecified atom stereocenters. The van der Waals surface area contributed by atoms with Gasteiger partial charge in [-0.25, -0.2) is 0 Å². The number of nitrogens with zero attached hydrogens (tertiary/aromatic N) is 2. The highest BCUT2D eigenvalue weighted by Gasteiger charge is 2.25. The summed E-state index contributed by atoms with van der Waals surface area (Å²) < 4.78 is 11.0. The van der Waals surface area contributed by atoms with Crippen molar-refractivity contribution >= 4 is 0 Å². The molecule has 2 N–H and O–H groups in total. The number of nitrogens with two attached hydrogens (primary N) is 1. The summed E-state index contributed by atoms with van der Waals surface area (Å²) in [4.78, 5) is 4.50. The second-order valence-electron chi connectivity index (χ2n) is 7.12. The Labute approximate surface area is 127 Å². The van der Waals surface area contributed by atoms with Crippen LogP contribution >= 0.6 is 0 Å². The second-order valence-corrected chi connectivity index (χ2v) is 7.12. The molecule has 0 amide bonds. The molecule has 0 bridgehead atoms. The molecule has 1 aliphatic heterocycles. The predicted octanol–water partition coefficient (Wildman–Crippen LogP) is 2.73. The molecule has 1 aromatic rings. The Kier molecular flexibility index (Phi) is 5.76. The molecule has 0 spiro atoms. The van der Waals surface area contributed by atoms with Crippen molar-refractivity contribution in [2.45, 2.75) is 65.4 Å². The molecule has 0 aromatic carbocycles. The molecule has 5 nitrogen and oxygen atoms in total. The van der Waals surface area contributed by atoms with Crippen LogP contribution in [0.5, 0.6) is 0 Å². The molecule has 2 rings (SSSR count). The van der Waals surface area contributed by atoms with Crippen molar-refractivity contribution in [2.75, 3.05) is 13.2 Å². The lowest BCUT2D eigenvalue weighted by molar-refractivity contribution is 0.109. The molecule has 2 atom stereocenters. The average molecular weight is 295 g/mol. The van der Waals surface area contributed by atoms with E-state index < -0.39 is 0 Å². The van der Waals surface area contributed by atoms with Gasteiger partial charge in [0.25, 0.3) is 0 Å². The van der Waals surface area contributed by atoms with Gasteiger partial charge in [0.05, 0.1) is 6.10 Å². The summed E-state index contributed by atoms with van der Waals surface area (Å²) in [6, 6.07) is 0. The van der Waals surface area contributed by atoms with Gasteiger partial charge in [0.2, 0.25) is 5.89 Å². The first-order chi connectivity index (χ1) is 9.99. The van der Waals surface area contributed by atoms with Crippen molar-refractivity contribution in [3.8, 4) is 0 Å². The highest BCUT2D eigenvalue weighted by molar-refractivity contribution is 4.91.